The van der Waals surface area contributed by atoms with Gasteiger partial charge in [-0.1, -0.05) is 30.6 Å². The van der Waals surface area contributed by atoms with Crippen molar-refractivity contribution in [3.8, 4) is 5.75 Å². The van der Waals surface area contributed by atoms with Crippen molar-refractivity contribution in [1.82, 2.24) is 15.0 Å². The van der Waals surface area contributed by atoms with Crippen LogP contribution in [-0.2, 0) is 26.0 Å². The second-order valence-electron chi connectivity index (χ2n) is 6.93. The van der Waals surface area contributed by atoms with Crippen LogP contribution < -0.4 is 4.74 Å². The number of hydrogen-bond acceptors (Lipinski definition) is 5. The largest absolute Gasteiger partial charge is 0.486 e. The van der Waals surface area contributed by atoms with E-state index in [0.29, 0.717) is 30.8 Å². The topological polar surface area (TPSA) is 68.5 Å². The lowest BCUT2D eigenvalue weighted by Gasteiger charge is -2.26. The number of aromatic nitrogens is 2. The maximum absolute atomic E-state index is 12.9. The molecular weight excluding hydrogens is 354 g/mol. The van der Waals surface area contributed by atoms with Gasteiger partial charge in [-0.2, -0.15) is 0 Å². The minimum Gasteiger partial charge on any atom is -0.486 e. The molecule has 0 saturated carbocycles. The predicted octanol–water partition coefficient (Wildman–Crippen LogP) is 3.80. The SMILES string of the molecule is CCCc1ccc(C(=O)N2CCc3onc(COc4cccnc4)c3C2)cc1. The Kier molecular flexibility index (Phi) is 5.37. The summed E-state index contributed by atoms with van der Waals surface area (Å²) in [5.41, 5.74) is 3.66. The number of rotatable bonds is 6. The highest BCUT2D eigenvalue weighted by Crippen LogP contribution is 2.25. The quantitative estimate of drug-likeness (QED) is 0.654. The van der Waals surface area contributed by atoms with E-state index in [2.05, 4.69) is 17.1 Å². The molecule has 1 amide bonds. The van der Waals surface area contributed by atoms with Crippen LogP contribution >= 0.6 is 0 Å². The number of hydrogen-bond donors (Lipinski definition) is 0. The van der Waals surface area contributed by atoms with E-state index in [1.807, 2.05) is 41.3 Å². The van der Waals surface area contributed by atoms with Gasteiger partial charge in [0.2, 0.25) is 0 Å². The van der Waals surface area contributed by atoms with Gasteiger partial charge < -0.3 is 14.2 Å². The van der Waals surface area contributed by atoms with E-state index < -0.39 is 0 Å². The summed E-state index contributed by atoms with van der Waals surface area (Å²) in [4.78, 5) is 18.8. The zero-order valence-electron chi connectivity index (χ0n) is 15.9. The summed E-state index contributed by atoms with van der Waals surface area (Å²) in [6.07, 6.45) is 6.14. The Bertz CT molecular complexity index is 935. The van der Waals surface area contributed by atoms with Crippen molar-refractivity contribution in [2.24, 2.45) is 0 Å². The number of ether oxygens (including phenoxy) is 1. The van der Waals surface area contributed by atoms with Crippen LogP contribution in [0.25, 0.3) is 0 Å². The van der Waals surface area contributed by atoms with Crippen LogP contribution in [0.1, 0.15) is 46.3 Å². The zero-order valence-corrected chi connectivity index (χ0v) is 15.9. The van der Waals surface area contributed by atoms with Gasteiger partial charge in [-0.15, -0.1) is 0 Å². The highest BCUT2D eigenvalue weighted by Gasteiger charge is 2.27. The van der Waals surface area contributed by atoms with E-state index >= 15 is 0 Å². The van der Waals surface area contributed by atoms with Crippen LogP contribution in [0, 0.1) is 0 Å². The molecule has 4 rings (SSSR count). The Morgan fingerprint density at radius 3 is 2.86 bits per heavy atom. The summed E-state index contributed by atoms with van der Waals surface area (Å²) in [5, 5.41) is 4.15. The number of fused-ring (bicyclic) bond motifs is 1. The molecule has 0 bridgehead atoms. The maximum atomic E-state index is 12.9. The Balaban J connectivity index is 1.45. The van der Waals surface area contributed by atoms with Crippen LogP contribution in [-0.4, -0.2) is 27.5 Å². The van der Waals surface area contributed by atoms with Gasteiger partial charge in [0.1, 0.15) is 23.8 Å². The maximum Gasteiger partial charge on any atom is 0.254 e. The van der Waals surface area contributed by atoms with Crippen molar-refractivity contribution in [2.45, 2.75) is 39.3 Å². The fourth-order valence-corrected chi connectivity index (χ4v) is 3.42. The lowest BCUT2D eigenvalue weighted by atomic mass is 10.0. The van der Waals surface area contributed by atoms with E-state index in [9.17, 15) is 4.79 Å². The van der Waals surface area contributed by atoms with Crippen LogP contribution in [0.5, 0.6) is 5.75 Å². The number of nitrogens with zero attached hydrogens (tertiary/aromatic N) is 3. The molecule has 1 aromatic carbocycles. The molecule has 3 aromatic rings. The van der Waals surface area contributed by atoms with Crippen molar-refractivity contribution in [3.63, 3.8) is 0 Å². The molecule has 6 heteroatoms. The van der Waals surface area contributed by atoms with Gasteiger partial charge in [0, 0.05) is 30.3 Å². The fourth-order valence-electron chi connectivity index (χ4n) is 3.42. The van der Waals surface area contributed by atoms with Crippen molar-refractivity contribution in [2.75, 3.05) is 6.54 Å². The molecule has 6 nitrogen and oxygen atoms in total. The average Bonchev–Trinajstić information content (AvgIpc) is 3.15. The first-order chi connectivity index (χ1) is 13.7. The third-order valence-electron chi connectivity index (χ3n) is 4.95. The molecule has 0 aliphatic carbocycles. The first-order valence-corrected chi connectivity index (χ1v) is 9.62. The molecule has 3 heterocycles. The Morgan fingerprint density at radius 1 is 1.25 bits per heavy atom. The normalized spacial score (nSPS) is 13.2. The van der Waals surface area contributed by atoms with Gasteiger partial charge in [0.25, 0.3) is 5.91 Å². The van der Waals surface area contributed by atoms with Gasteiger partial charge in [-0.05, 0) is 36.2 Å². The number of pyridine rings is 1. The molecule has 0 N–H and O–H groups in total. The molecule has 1 aliphatic heterocycles. The molecule has 0 unspecified atom stereocenters. The number of carbonyl (C=O) groups excluding carboxylic acids is 1. The van der Waals surface area contributed by atoms with Crippen LogP contribution in [0.15, 0.2) is 53.3 Å². The summed E-state index contributed by atoms with van der Waals surface area (Å²) in [5.74, 6) is 1.55. The van der Waals surface area contributed by atoms with Gasteiger partial charge in [0.05, 0.1) is 12.7 Å². The number of aryl methyl sites for hydroxylation is 1. The third kappa shape index (κ3) is 3.91. The van der Waals surface area contributed by atoms with Crippen LogP contribution in [0.4, 0.5) is 0 Å². The molecule has 2 aromatic heterocycles. The highest BCUT2D eigenvalue weighted by atomic mass is 16.5. The van der Waals surface area contributed by atoms with Gasteiger partial charge in [-0.3, -0.25) is 9.78 Å². The lowest BCUT2D eigenvalue weighted by molar-refractivity contribution is 0.0728. The Hall–Kier alpha value is -3.15. The van der Waals surface area contributed by atoms with E-state index in [1.54, 1.807) is 12.4 Å². The predicted molar refractivity (Wildman–Crippen MR) is 104 cm³/mol. The van der Waals surface area contributed by atoms with E-state index in [0.717, 1.165) is 29.9 Å². The molecular formula is C22H23N3O3. The molecule has 0 atom stereocenters. The van der Waals surface area contributed by atoms with Crippen molar-refractivity contribution in [3.05, 3.63) is 76.9 Å². The molecule has 0 spiro atoms. The van der Waals surface area contributed by atoms with Crippen LogP contribution in [0.3, 0.4) is 0 Å². The Morgan fingerprint density at radius 2 is 2.11 bits per heavy atom. The van der Waals surface area contributed by atoms with Gasteiger partial charge in [-0.25, -0.2) is 0 Å². The first kappa shape index (κ1) is 18.2. The van der Waals surface area contributed by atoms with E-state index in [-0.39, 0.29) is 12.5 Å². The third-order valence-corrected chi connectivity index (χ3v) is 4.95. The first-order valence-electron chi connectivity index (χ1n) is 9.62. The fraction of sp³-hybridized carbons (Fsp3) is 0.318. The summed E-state index contributed by atoms with van der Waals surface area (Å²) in [6.45, 7) is 3.55. The van der Waals surface area contributed by atoms with Crippen molar-refractivity contribution >= 4 is 5.91 Å². The number of benzene rings is 1. The smallest absolute Gasteiger partial charge is 0.254 e. The standard InChI is InChI=1S/C22H23N3O3/c1-2-4-16-6-8-17(9-7-16)22(26)25-12-10-21-19(14-25)20(24-28-21)15-27-18-5-3-11-23-13-18/h3,5-9,11,13H,2,4,10,12,14-15H2,1H3. The average molecular weight is 377 g/mol. The highest BCUT2D eigenvalue weighted by molar-refractivity contribution is 5.94. The van der Waals surface area contributed by atoms with Gasteiger partial charge in [0.15, 0.2) is 0 Å². The summed E-state index contributed by atoms with van der Waals surface area (Å²) in [7, 11) is 0. The number of amides is 1. The van der Waals surface area contributed by atoms with Gasteiger partial charge >= 0.3 is 0 Å². The molecule has 144 valence electrons. The Labute approximate surface area is 164 Å². The molecule has 1 aliphatic rings. The minimum absolute atomic E-state index is 0.0361. The summed E-state index contributed by atoms with van der Waals surface area (Å²) in [6, 6.07) is 11.6. The second-order valence-corrected chi connectivity index (χ2v) is 6.93. The summed E-state index contributed by atoms with van der Waals surface area (Å²) >= 11 is 0. The van der Waals surface area contributed by atoms with E-state index in [4.69, 9.17) is 9.26 Å². The van der Waals surface area contributed by atoms with Crippen LogP contribution in [0.2, 0.25) is 0 Å². The minimum atomic E-state index is 0.0361. The molecule has 0 radical (unpaired) electrons. The van der Waals surface area contributed by atoms with Crippen molar-refractivity contribution < 1.29 is 14.1 Å². The number of carbonyl (C=O) groups is 1. The summed E-state index contributed by atoms with van der Waals surface area (Å²) < 4.78 is 11.2. The molecule has 0 saturated heterocycles. The molecule has 0 fully saturated rings. The van der Waals surface area contributed by atoms with E-state index in [1.165, 1.54) is 5.56 Å². The zero-order chi connectivity index (χ0) is 19.3. The molecule has 28 heavy (non-hydrogen) atoms. The monoisotopic (exact) mass is 377 g/mol. The van der Waals surface area contributed by atoms with Crippen molar-refractivity contribution in [1.29, 1.82) is 0 Å². The lowest BCUT2D eigenvalue weighted by Crippen LogP contribution is -2.36. The second kappa shape index (κ2) is 8.25.